The first-order chi connectivity index (χ1) is 9.58. The van der Waals surface area contributed by atoms with Crippen LogP contribution in [0.15, 0.2) is 30.3 Å². The quantitative estimate of drug-likeness (QED) is 0.506. The minimum atomic E-state index is 0. The van der Waals surface area contributed by atoms with Crippen molar-refractivity contribution in [2.24, 2.45) is 11.1 Å². The van der Waals surface area contributed by atoms with Gasteiger partial charge >= 0.3 is 0 Å². The Balaban J connectivity index is 0.00000400. The molecule has 0 bridgehead atoms. The van der Waals surface area contributed by atoms with E-state index in [1.165, 1.54) is 56.9 Å². The molecule has 1 aromatic carbocycles. The molecule has 2 heteroatoms. The van der Waals surface area contributed by atoms with Crippen LogP contribution in [-0.2, 0) is 0 Å². The van der Waals surface area contributed by atoms with Crippen molar-refractivity contribution in [1.82, 2.24) is 0 Å². The predicted octanol–water partition coefficient (Wildman–Crippen LogP) is 6.28. The van der Waals surface area contributed by atoms with Gasteiger partial charge in [-0.15, -0.1) is 12.4 Å². The molecule has 0 radical (unpaired) electrons. The summed E-state index contributed by atoms with van der Waals surface area (Å²) >= 11 is 0. The summed E-state index contributed by atoms with van der Waals surface area (Å²) in [5.74, 6) is 0. The molecular weight excluding hydrogens is 278 g/mol. The summed E-state index contributed by atoms with van der Waals surface area (Å²) in [6.07, 6.45) is 10.8. The molecule has 0 aliphatic rings. The van der Waals surface area contributed by atoms with Crippen molar-refractivity contribution in [2.75, 3.05) is 0 Å². The third kappa shape index (κ3) is 7.87. The van der Waals surface area contributed by atoms with Gasteiger partial charge in [-0.2, -0.15) is 0 Å². The second-order valence-corrected chi connectivity index (χ2v) is 6.75. The van der Waals surface area contributed by atoms with Gasteiger partial charge in [0.15, 0.2) is 0 Å². The van der Waals surface area contributed by atoms with E-state index in [1.54, 1.807) is 0 Å². The fraction of sp³-hybridized carbons (Fsp3) is 0.684. The van der Waals surface area contributed by atoms with Crippen LogP contribution in [0.5, 0.6) is 0 Å². The van der Waals surface area contributed by atoms with E-state index in [-0.39, 0.29) is 23.9 Å². The molecule has 1 aromatic rings. The van der Waals surface area contributed by atoms with Crippen LogP contribution in [0.2, 0.25) is 0 Å². The van der Waals surface area contributed by atoms with E-state index in [1.807, 2.05) is 0 Å². The Morgan fingerprint density at radius 2 is 1.43 bits per heavy atom. The van der Waals surface area contributed by atoms with E-state index < -0.39 is 0 Å². The highest BCUT2D eigenvalue weighted by atomic mass is 35.5. The van der Waals surface area contributed by atoms with Crippen molar-refractivity contribution < 1.29 is 0 Å². The first kappa shape index (κ1) is 20.5. The SMILES string of the molecule is CCCCCCCCCC(C)(C)C(N)c1ccccc1.Cl. The van der Waals surface area contributed by atoms with Gasteiger partial charge in [0.25, 0.3) is 0 Å². The lowest BCUT2D eigenvalue weighted by atomic mass is 9.77. The summed E-state index contributed by atoms with van der Waals surface area (Å²) in [6, 6.07) is 10.7. The number of rotatable bonds is 10. The van der Waals surface area contributed by atoms with Gasteiger partial charge in [0.2, 0.25) is 0 Å². The number of unbranched alkanes of at least 4 members (excludes halogenated alkanes) is 6. The van der Waals surface area contributed by atoms with Crippen LogP contribution in [-0.4, -0.2) is 0 Å². The molecule has 0 aromatic heterocycles. The Morgan fingerprint density at radius 3 is 2.00 bits per heavy atom. The van der Waals surface area contributed by atoms with Crippen molar-refractivity contribution in [3.63, 3.8) is 0 Å². The van der Waals surface area contributed by atoms with Gasteiger partial charge in [-0.25, -0.2) is 0 Å². The van der Waals surface area contributed by atoms with Crippen LogP contribution in [0, 0.1) is 5.41 Å². The fourth-order valence-electron chi connectivity index (χ4n) is 2.80. The number of halogens is 1. The first-order valence-electron chi connectivity index (χ1n) is 8.38. The summed E-state index contributed by atoms with van der Waals surface area (Å²) in [5, 5.41) is 0. The maximum absolute atomic E-state index is 6.45. The Kier molecular flexibility index (Phi) is 10.8. The molecule has 0 heterocycles. The molecule has 1 rings (SSSR count). The zero-order valence-electron chi connectivity index (χ0n) is 14.1. The van der Waals surface area contributed by atoms with E-state index in [0.29, 0.717) is 0 Å². The molecule has 0 spiro atoms. The van der Waals surface area contributed by atoms with E-state index in [2.05, 4.69) is 51.1 Å². The topological polar surface area (TPSA) is 26.0 Å². The largest absolute Gasteiger partial charge is 0.324 e. The summed E-state index contributed by atoms with van der Waals surface area (Å²) in [5.41, 5.74) is 7.90. The molecule has 1 unspecified atom stereocenters. The normalized spacial score (nSPS) is 12.8. The van der Waals surface area contributed by atoms with Crippen LogP contribution in [0.1, 0.15) is 83.7 Å². The number of hydrogen-bond donors (Lipinski definition) is 1. The van der Waals surface area contributed by atoms with Crippen molar-refractivity contribution in [3.8, 4) is 0 Å². The van der Waals surface area contributed by atoms with Crippen molar-refractivity contribution in [1.29, 1.82) is 0 Å². The Bertz CT molecular complexity index is 348. The minimum Gasteiger partial charge on any atom is -0.324 e. The average Bonchev–Trinajstić information content (AvgIpc) is 2.46. The molecule has 0 aliphatic carbocycles. The lowest BCUT2D eigenvalue weighted by Crippen LogP contribution is -2.29. The molecule has 0 aliphatic heterocycles. The molecule has 0 amide bonds. The van der Waals surface area contributed by atoms with Gasteiger partial charge in [-0.1, -0.05) is 96.0 Å². The highest BCUT2D eigenvalue weighted by molar-refractivity contribution is 5.85. The summed E-state index contributed by atoms with van der Waals surface area (Å²) in [7, 11) is 0. The molecule has 21 heavy (non-hydrogen) atoms. The third-order valence-electron chi connectivity index (χ3n) is 4.43. The van der Waals surface area contributed by atoms with Crippen LogP contribution in [0.4, 0.5) is 0 Å². The van der Waals surface area contributed by atoms with E-state index >= 15 is 0 Å². The zero-order valence-corrected chi connectivity index (χ0v) is 14.9. The van der Waals surface area contributed by atoms with Crippen molar-refractivity contribution in [3.05, 3.63) is 35.9 Å². The number of nitrogens with two attached hydrogens (primary N) is 1. The molecule has 2 N–H and O–H groups in total. The standard InChI is InChI=1S/C19H33N.ClH/c1-4-5-6-7-8-9-13-16-19(2,3)18(20)17-14-11-10-12-15-17;/h10-12,14-15,18H,4-9,13,16,20H2,1-3H3;1H. The molecular formula is C19H34ClN. The Hall–Kier alpha value is -0.530. The van der Waals surface area contributed by atoms with Crippen LogP contribution >= 0.6 is 12.4 Å². The van der Waals surface area contributed by atoms with E-state index in [9.17, 15) is 0 Å². The van der Waals surface area contributed by atoms with Gasteiger partial charge in [0.05, 0.1) is 0 Å². The molecule has 1 atom stereocenters. The lowest BCUT2D eigenvalue weighted by molar-refractivity contribution is 0.255. The van der Waals surface area contributed by atoms with Gasteiger partial charge < -0.3 is 5.73 Å². The molecule has 122 valence electrons. The highest BCUT2D eigenvalue weighted by Crippen LogP contribution is 2.36. The van der Waals surface area contributed by atoms with Crippen LogP contribution < -0.4 is 5.73 Å². The molecule has 1 nitrogen and oxygen atoms in total. The van der Waals surface area contributed by atoms with Crippen molar-refractivity contribution in [2.45, 2.75) is 78.2 Å². The summed E-state index contributed by atoms with van der Waals surface area (Å²) in [4.78, 5) is 0. The molecule has 0 fully saturated rings. The van der Waals surface area contributed by atoms with E-state index in [0.717, 1.165) is 0 Å². The van der Waals surface area contributed by atoms with Crippen LogP contribution in [0.3, 0.4) is 0 Å². The van der Waals surface area contributed by atoms with Gasteiger partial charge in [0, 0.05) is 6.04 Å². The highest BCUT2D eigenvalue weighted by Gasteiger charge is 2.26. The van der Waals surface area contributed by atoms with Gasteiger partial charge in [-0.3, -0.25) is 0 Å². The Labute approximate surface area is 138 Å². The monoisotopic (exact) mass is 311 g/mol. The van der Waals surface area contributed by atoms with Gasteiger partial charge in [-0.05, 0) is 17.4 Å². The lowest BCUT2D eigenvalue weighted by Gasteiger charge is -2.32. The summed E-state index contributed by atoms with van der Waals surface area (Å²) < 4.78 is 0. The number of hydrogen-bond acceptors (Lipinski definition) is 1. The van der Waals surface area contributed by atoms with E-state index in [4.69, 9.17) is 5.73 Å². The second kappa shape index (κ2) is 11.1. The third-order valence-corrected chi connectivity index (χ3v) is 4.43. The molecule has 0 saturated heterocycles. The summed E-state index contributed by atoms with van der Waals surface area (Å²) in [6.45, 7) is 6.89. The minimum absolute atomic E-state index is 0. The first-order valence-corrected chi connectivity index (χ1v) is 8.38. The second-order valence-electron chi connectivity index (χ2n) is 6.75. The smallest absolute Gasteiger partial charge is 0.0346 e. The average molecular weight is 312 g/mol. The fourth-order valence-corrected chi connectivity index (χ4v) is 2.80. The Morgan fingerprint density at radius 1 is 0.905 bits per heavy atom. The number of benzene rings is 1. The van der Waals surface area contributed by atoms with Crippen molar-refractivity contribution >= 4 is 12.4 Å². The zero-order chi connectivity index (χ0) is 14.8. The predicted molar refractivity (Wildman–Crippen MR) is 97.0 cm³/mol. The van der Waals surface area contributed by atoms with Crippen LogP contribution in [0.25, 0.3) is 0 Å². The van der Waals surface area contributed by atoms with Gasteiger partial charge in [0.1, 0.15) is 0 Å². The molecule has 0 saturated carbocycles. The maximum atomic E-state index is 6.45. The maximum Gasteiger partial charge on any atom is 0.0346 e.